The van der Waals surface area contributed by atoms with E-state index in [9.17, 15) is 0 Å². The van der Waals surface area contributed by atoms with Gasteiger partial charge in [0.05, 0.1) is 25.9 Å². The van der Waals surface area contributed by atoms with Crippen molar-refractivity contribution < 1.29 is 42.6 Å². The molecule has 1 aromatic carbocycles. The van der Waals surface area contributed by atoms with Crippen LogP contribution < -0.4 is 0 Å². The second-order valence-corrected chi connectivity index (χ2v) is 9.01. The lowest BCUT2D eigenvalue weighted by molar-refractivity contribution is -0.328. The zero-order valence-electron chi connectivity index (χ0n) is 22.2. The van der Waals surface area contributed by atoms with Crippen LogP contribution in [0.3, 0.4) is 0 Å². The van der Waals surface area contributed by atoms with E-state index in [-0.39, 0.29) is 12.7 Å². The summed E-state index contributed by atoms with van der Waals surface area (Å²) in [7, 11) is 6.37. The molecule has 1 aromatic rings. The van der Waals surface area contributed by atoms with Gasteiger partial charge in [-0.3, -0.25) is 0 Å². The third-order valence-electron chi connectivity index (χ3n) is 5.69. The van der Waals surface area contributed by atoms with E-state index >= 15 is 0 Å². The fourth-order valence-corrected chi connectivity index (χ4v) is 3.81. The molecule has 1 aliphatic rings. The van der Waals surface area contributed by atoms with Crippen molar-refractivity contribution in [1.29, 1.82) is 0 Å². The number of rotatable bonds is 17. The van der Waals surface area contributed by atoms with E-state index in [1.807, 2.05) is 37.3 Å². The average Bonchev–Trinajstić information content (AvgIpc) is 2.87. The molecule has 1 heterocycles. The third kappa shape index (κ3) is 10.0. The molecule has 9 heteroatoms. The van der Waals surface area contributed by atoms with Crippen molar-refractivity contribution in [2.75, 3.05) is 54.9 Å². The molecule has 1 saturated heterocycles. The highest BCUT2D eigenvalue weighted by atomic mass is 16.7. The molecule has 1 fully saturated rings. The fraction of sp³-hybridized carbons (Fsp3) is 0.769. The Balaban J connectivity index is 2.06. The third-order valence-corrected chi connectivity index (χ3v) is 5.69. The van der Waals surface area contributed by atoms with Crippen molar-refractivity contribution in [3.8, 4) is 0 Å². The predicted molar refractivity (Wildman–Crippen MR) is 130 cm³/mol. The standard InChI is InChI=1S/C26H44O9/c1-18(2)13-31-16-21-23(29-6)24(30-7)25(26(35-21)34-17-22(27-4)28-5)33-14-19(3)32-15-20-11-9-8-10-12-20/h8-12,18-19,21-26H,13-17H2,1-7H3/t19?,21-,23-,24+,25+,26-/m1/s1. The summed E-state index contributed by atoms with van der Waals surface area (Å²) in [4.78, 5) is 0. The van der Waals surface area contributed by atoms with E-state index < -0.39 is 37.0 Å². The fourth-order valence-electron chi connectivity index (χ4n) is 3.81. The molecule has 0 aliphatic carbocycles. The molecule has 0 saturated carbocycles. The molecule has 202 valence electrons. The van der Waals surface area contributed by atoms with Crippen molar-refractivity contribution in [3.63, 3.8) is 0 Å². The molecule has 35 heavy (non-hydrogen) atoms. The molecule has 2 rings (SSSR count). The summed E-state index contributed by atoms with van der Waals surface area (Å²) in [6.45, 7) is 8.10. The maximum Gasteiger partial charge on any atom is 0.187 e. The van der Waals surface area contributed by atoms with Crippen LogP contribution in [-0.2, 0) is 49.2 Å². The highest BCUT2D eigenvalue weighted by molar-refractivity contribution is 5.13. The molecule has 0 N–H and O–H groups in total. The molecule has 0 amide bonds. The Morgan fingerprint density at radius 1 is 0.800 bits per heavy atom. The quantitative estimate of drug-likeness (QED) is 0.300. The maximum absolute atomic E-state index is 6.29. The van der Waals surface area contributed by atoms with Gasteiger partial charge < -0.3 is 42.6 Å². The first kappa shape index (κ1) is 30.1. The van der Waals surface area contributed by atoms with Crippen LogP contribution in [0.1, 0.15) is 26.3 Å². The molecule has 0 aromatic heterocycles. The van der Waals surface area contributed by atoms with E-state index in [1.54, 1.807) is 28.4 Å². The zero-order valence-corrected chi connectivity index (χ0v) is 22.2. The first-order valence-electron chi connectivity index (χ1n) is 12.2. The van der Waals surface area contributed by atoms with E-state index in [4.69, 9.17) is 42.6 Å². The Labute approximate surface area is 210 Å². The van der Waals surface area contributed by atoms with Crippen LogP contribution in [0, 0.1) is 5.92 Å². The highest BCUT2D eigenvalue weighted by Crippen LogP contribution is 2.29. The minimum absolute atomic E-state index is 0.158. The first-order valence-corrected chi connectivity index (χ1v) is 12.2. The summed E-state index contributed by atoms with van der Waals surface area (Å²) in [6, 6.07) is 10.0. The lowest BCUT2D eigenvalue weighted by atomic mass is 9.98. The number of hydrogen-bond acceptors (Lipinski definition) is 9. The van der Waals surface area contributed by atoms with Gasteiger partial charge in [-0.1, -0.05) is 44.2 Å². The van der Waals surface area contributed by atoms with Crippen molar-refractivity contribution in [1.82, 2.24) is 0 Å². The number of hydrogen-bond donors (Lipinski definition) is 0. The van der Waals surface area contributed by atoms with Gasteiger partial charge in [0.15, 0.2) is 12.6 Å². The summed E-state index contributed by atoms with van der Waals surface area (Å²) >= 11 is 0. The van der Waals surface area contributed by atoms with E-state index in [2.05, 4.69) is 13.8 Å². The van der Waals surface area contributed by atoms with E-state index in [1.165, 1.54) is 0 Å². The van der Waals surface area contributed by atoms with Gasteiger partial charge in [-0.2, -0.15) is 0 Å². The summed E-state index contributed by atoms with van der Waals surface area (Å²) in [5.74, 6) is 0.405. The summed E-state index contributed by atoms with van der Waals surface area (Å²) in [6.07, 6.45) is -3.26. The van der Waals surface area contributed by atoms with Crippen LogP contribution >= 0.6 is 0 Å². The minimum atomic E-state index is -0.742. The smallest absolute Gasteiger partial charge is 0.187 e. The molecule has 6 atom stereocenters. The Bertz CT molecular complexity index is 655. The second kappa shape index (κ2) is 16.6. The Kier molecular flexibility index (Phi) is 14.2. The number of benzene rings is 1. The van der Waals surface area contributed by atoms with Gasteiger partial charge in [-0.05, 0) is 18.4 Å². The van der Waals surface area contributed by atoms with Gasteiger partial charge in [0, 0.05) is 35.0 Å². The molecule has 0 bridgehead atoms. The summed E-state index contributed by atoms with van der Waals surface area (Å²) < 4.78 is 52.6. The van der Waals surface area contributed by atoms with Crippen LogP contribution in [-0.4, -0.2) is 98.0 Å². The van der Waals surface area contributed by atoms with Gasteiger partial charge >= 0.3 is 0 Å². The minimum Gasteiger partial charge on any atom is -0.378 e. The molecular formula is C26H44O9. The predicted octanol–water partition coefficient (Wildman–Crippen LogP) is 3.04. The van der Waals surface area contributed by atoms with Crippen LogP contribution in [0.5, 0.6) is 0 Å². The number of ether oxygens (including phenoxy) is 9. The second-order valence-electron chi connectivity index (χ2n) is 9.01. The van der Waals surface area contributed by atoms with Gasteiger partial charge in [0.1, 0.15) is 31.0 Å². The van der Waals surface area contributed by atoms with Crippen LogP contribution in [0.4, 0.5) is 0 Å². The molecule has 0 spiro atoms. The maximum atomic E-state index is 6.29. The van der Waals surface area contributed by atoms with E-state index in [0.717, 1.165) is 5.56 Å². The van der Waals surface area contributed by atoms with Crippen LogP contribution in [0.15, 0.2) is 30.3 Å². The lowest BCUT2D eigenvalue weighted by Crippen LogP contribution is -2.62. The molecule has 0 radical (unpaired) electrons. The molecular weight excluding hydrogens is 456 g/mol. The monoisotopic (exact) mass is 500 g/mol. The molecule has 1 aliphatic heterocycles. The van der Waals surface area contributed by atoms with E-state index in [0.29, 0.717) is 32.3 Å². The lowest BCUT2D eigenvalue weighted by Gasteiger charge is -2.45. The Hall–Kier alpha value is -1.14. The molecule has 1 unspecified atom stereocenters. The van der Waals surface area contributed by atoms with Crippen molar-refractivity contribution in [2.45, 2.75) is 70.5 Å². The number of methoxy groups -OCH3 is 4. The van der Waals surface area contributed by atoms with Gasteiger partial charge in [0.25, 0.3) is 0 Å². The zero-order chi connectivity index (χ0) is 25.6. The SMILES string of the molecule is COC(CO[C@@H]1O[C@H](COCC(C)C)[C@@H](OC)[C@H](OC)[C@@H]1OCC(C)OCc1ccccc1)OC. The Morgan fingerprint density at radius 2 is 1.49 bits per heavy atom. The van der Waals surface area contributed by atoms with Crippen molar-refractivity contribution >= 4 is 0 Å². The van der Waals surface area contributed by atoms with Gasteiger partial charge in [-0.25, -0.2) is 0 Å². The topological polar surface area (TPSA) is 83.1 Å². The van der Waals surface area contributed by atoms with Gasteiger partial charge in [0.2, 0.25) is 0 Å². The summed E-state index contributed by atoms with van der Waals surface area (Å²) in [5, 5.41) is 0. The van der Waals surface area contributed by atoms with Crippen molar-refractivity contribution in [2.24, 2.45) is 5.92 Å². The normalized spacial score (nSPS) is 25.9. The van der Waals surface area contributed by atoms with Gasteiger partial charge in [-0.15, -0.1) is 0 Å². The van der Waals surface area contributed by atoms with Crippen LogP contribution in [0.25, 0.3) is 0 Å². The highest BCUT2D eigenvalue weighted by Gasteiger charge is 2.48. The van der Waals surface area contributed by atoms with Crippen molar-refractivity contribution in [3.05, 3.63) is 35.9 Å². The average molecular weight is 501 g/mol. The largest absolute Gasteiger partial charge is 0.378 e. The summed E-state index contributed by atoms with van der Waals surface area (Å²) in [5.41, 5.74) is 1.10. The first-order chi connectivity index (χ1) is 16.9. The molecule has 9 nitrogen and oxygen atoms in total. The Morgan fingerprint density at radius 3 is 2.09 bits per heavy atom. The van der Waals surface area contributed by atoms with Crippen LogP contribution in [0.2, 0.25) is 0 Å².